The Morgan fingerprint density at radius 1 is 1.12 bits per heavy atom. The van der Waals surface area contributed by atoms with E-state index in [0.29, 0.717) is 34.8 Å². The second-order valence-electron chi connectivity index (χ2n) is 7.87. The van der Waals surface area contributed by atoms with Crippen LogP contribution in [0.2, 0.25) is 5.02 Å². The molecule has 8 heteroatoms. The van der Waals surface area contributed by atoms with Crippen molar-refractivity contribution in [2.75, 3.05) is 13.7 Å². The first-order chi connectivity index (χ1) is 15.5. The maximum Gasteiger partial charge on any atom is 0.254 e. The van der Waals surface area contributed by atoms with Gasteiger partial charge in [-0.05, 0) is 49.7 Å². The van der Waals surface area contributed by atoms with Crippen LogP contribution in [0.15, 0.2) is 48.8 Å². The molecule has 0 aliphatic carbocycles. The lowest BCUT2D eigenvalue weighted by atomic mass is 9.95. The first-order valence-corrected chi connectivity index (χ1v) is 10.8. The Balaban J connectivity index is 1.48. The fraction of sp³-hybridized carbons (Fsp3) is 0.250. The molecule has 32 heavy (non-hydrogen) atoms. The van der Waals surface area contributed by atoms with Crippen molar-refractivity contribution in [1.29, 1.82) is 0 Å². The van der Waals surface area contributed by atoms with Gasteiger partial charge in [0.2, 0.25) is 0 Å². The Labute approximate surface area is 190 Å². The quantitative estimate of drug-likeness (QED) is 0.464. The lowest BCUT2D eigenvalue weighted by Crippen LogP contribution is -2.38. The number of benzene rings is 2. The van der Waals surface area contributed by atoms with Crippen molar-refractivity contribution >= 4 is 28.5 Å². The van der Waals surface area contributed by atoms with E-state index in [2.05, 4.69) is 9.97 Å². The second kappa shape index (κ2) is 7.91. The fourth-order valence-electron chi connectivity index (χ4n) is 4.46. The van der Waals surface area contributed by atoms with Crippen LogP contribution in [0.3, 0.4) is 0 Å². The van der Waals surface area contributed by atoms with E-state index >= 15 is 0 Å². The zero-order valence-electron chi connectivity index (χ0n) is 18.0. The normalized spacial score (nSPS) is 15.6. The lowest BCUT2D eigenvalue weighted by Gasteiger charge is -2.33. The van der Waals surface area contributed by atoms with Crippen molar-refractivity contribution in [3.05, 3.63) is 70.6 Å². The van der Waals surface area contributed by atoms with E-state index in [1.54, 1.807) is 25.6 Å². The summed E-state index contributed by atoms with van der Waals surface area (Å²) < 4.78 is 7.15. The van der Waals surface area contributed by atoms with E-state index < -0.39 is 0 Å². The molecule has 0 saturated heterocycles. The molecule has 0 fully saturated rings. The van der Waals surface area contributed by atoms with E-state index in [-0.39, 0.29) is 11.9 Å². The summed E-state index contributed by atoms with van der Waals surface area (Å²) in [5.41, 5.74) is 6.14. The molecule has 7 nitrogen and oxygen atoms in total. The zero-order chi connectivity index (χ0) is 22.4. The van der Waals surface area contributed by atoms with Gasteiger partial charge in [0.25, 0.3) is 5.91 Å². The van der Waals surface area contributed by atoms with Gasteiger partial charge in [0.05, 0.1) is 40.6 Å². The molecular weight excluding hydrogens is 426 g/mol. The molecule has 2 aromatic heterocycles. The number of aryl methyl sites for hydroxylation is 1. The number of carbonyl (C=O) groups is 1. The zero-order valence-corrected chi connectivity index (χ0v) is 18.8. The van der Waals surface area contributed by atoms with Gasteiger partial charge in [0, 0.05) is 42.7 Å². The Kier molecular flexibility index (Phi) is 5.06. The van der Waals surface area contributed by atoms with Crippen LogP contribution in [0.4, 0.5) is 0 Å². The van der Waals surface area contributed by atoms with Crippen LogP contribution >= 0.6 is 11.6 Å². The van der Waals surface area contributed by atoms with Gasteiger partial charge in [-0.3, -0.25) is 19.4 Å². The monoisotopic (exact) mass is 447 g/mol. The topological polar surface area (TPSA) is 73.1 Å². The van der Waals surface area contributed by atoms with Crippen molar-refractivity contribution in [3.63, 3.8) is 0 Å². The summed E-state index contributed by atoms with van der Waals surface area (Å²) in [7, 11) is 3.52. The number of nitrogens with zero attached hydrogens (tertiary/aromatic N) is 5. The number of fused-ring (bicyclic) bond motifs is 2. The Morgan fingerprint density at radius 2 is 1.91 bits per heavy atom. The highest BCUT2D eigenvalue weighted by Gasteiger charge is 2.33. The van der Waals surface area contributed by atoms with Crippen molar-refractivity contribution in [2.24, 2.45) is 7.05 Å². The summed E-state index contributed by atoms with van der Waals surface area (Å²) in [5.74, 6) is 0.604. The first kappa shape index (κ1) is 20.5. The van der Waals surface area contributed by atoms with Crippen molar-refractivity contribution in [2.45, 2.75) is 19.4 Å². The predicted octanol–water partition coefficient (Wildman–Crippen LogP) is 4.45. The smallest absolute Gasteiger partial charge is 0.254 e. The van der Waals surface area contributed by atoms with Gasteiger partial charge in [-0.25, -0.2) is 0 Å². The summed E-state index contributed by atoms with van der Waals surface area (Å²) in [4.78, 5) is 23.8. The molecule has 1 amide bonds. The van der Waals surface area contributed by atoms with Gasteiger partial charge in [0.15, 0.2) is 0 Å². The number of amides is 1. The van der Waals surface area contributed by atoms with Crippen molar-refractivity contribution in [1.82, 2.24) is 24.6 Å². The molecule has 0 spiro atoms. The van der Waals surface area contributed by atoms with Crippen LogP contribution in [0.5, 0.6) is 5.75 Å². The number of hydrogen-bond donors (Lipinski definition) is 0. The summed E-state index contributed by atoms with van der Waals surface area (Å²) >= 11 is 6.37. The van der Waals surface area contributed by atoms with Gasteiger partial charge < -0.3 is 9.64 Å². The Hall–Kier alpha value is -3.45. The molecule has 162 valence electrons. The number of halogens is 1. The molecule has 0 radical (unpaired) electrons. The molecule has 3 heterocycles. The average Bonchev–Trinajstić information content (AvgIpc) is 3.15. The highest BCUT2D eigenvalue weighted by molar-refractivity contribution is 6.32. The van der Waals surface area contributed by atoms with E-state index in [1.807, 2.05) is 53.9 Å². The van der Waals surface area contributed by atoms with Crippen LogP contribution in [0, 0.1) is 0 Å². The molecular formula is C24H22ClN5O2. The van der Waals surface area contributed by atoms with Crippen LogP contribution in [0.1, 0.15) is 34.6 Å². The van der Waals surface area contributed by atoms with Crippen LogP contribution in [-0.4, -0.2) is 44.2 Å². The maximum atomic E-state index is 13.4. The number of ether oxygens (including phenoxy) is 1. The number of carbonyl (C=O) groups excluding carboxylic acids is 1. The lowest BCUT2D eigenvalue weighted by molar-refractivity contribution is 0.0674. The molecule has 0 saturated carbocycles. The van der Waals surface area contributed by atoms with Gasteiger partial charge in [-0.15, -0.1) is 0 Å². The molecule has 1 aliphatic rings. The molecule has 1 atom stereocenters. The third-order valence-electron chi connectivity index (χ3n) is 6.04. The van der Waals surface area contributed by atoms with Gasteiger partial charge in [-0.2, -0.15) is 5.10 Å². The van der Waals surface area contributed by atoms with Crippen LogP contribution < -0.4 is 4.74 Å². The molecule has 4 aromatic rings. The fourth-order valence-corrected chi connectivity index (χ4v) is 4.72. The predicted molar refractivity (Wildman–Crippen MR) is 123 cm³/mol. The summed E-state index contributed by atoms with van der Waals surface area (Å²) in [6, 6.07) is 11.0. The van der Waals surface area contributed by atoms with Crippen molar-refractivity contribution < 1.29 is 9.53 Å². The van der Waals surface area contributed by atoms with Gasteiger partial charge in [0.1, 0.15) is 5.75 Å². The third-order valence-corrected chi connectivity index (χ3v) is 6.34. The van der Waals surface area contributed by atoms with Crippen molar-refractivity contribution in [3.8, 4) is 17.0 Å². The Morgan fingerprint density at radius 3 is 2.66 bits per heavy atom. The highest BCUT2D eigenvalue weighted by atomic mass is 35.5. The van der Waals surface area contributed by atoms with Gasteiger partial charge >= 0.3 is 0 Å². The minimum Gasteiger partial charge on any atom is -0.495 e. The number of aromatic nitrogens is 4. The van der Waals surface area contributed by atoms with Gasteiger partial charge in [-0.1, -0.05) is 11.6 Å². The minimum absolute atomic E-state index is 0.0320. The molecule has 0 unspecified atom stereocenters. The van der Waals surface area contributed by atoms with E-state index in [9.17, 15) is 4.79 Å². The molecule has 2 aromatic carbocycles. The molecule has 5 rings (SSSR count). The van der Waals surface area contributed by atoms with E-state index in [0.717, 1.165) is 28.0 Å². The Bertz CT molecular complexity index is 1350. The SMILES string of the molecule is COc1ccc(-c2c3c(nn2C)[C@H](C)N(C(=O)c2ccc4nccnc4c2)CC3)cc1Cl. The highest BCUT2D eigenvalue weighted by Crippen LogP contribution is 2.38. The summed E-state index contributed by atoms with van der Waals surface area (Å²) in [6.45, 7) is 2.63. The molecule has 1 aliphatic heterocycles. The second-order valence-corrected chi connectivity index (χ2v) is 8.28. The number of rotatable bonds is 3. The van der Waals surface area contributed by atoms with Crippen LogP contribution in [0.25, 0.3) is 22.3 Å². The number of methoxy groups -OCH3 is 1. The summed E-state index contributed by atoms with van der Waals surface area (Å²) in [6.07, 6.45) is 3.99. The van der Waals surface area contributed by atoms with E-state index in [1.165, 1.54) is 0 Å². The average molecular weight is 448 g/mol. The largest absolute Gasteiger partial charge is 0.495 e. The maximum absolute atomic E-state index is 13.4. The summed E-state index contributed by atoms with van der Waals surface area (Å²) in [5, 5.41) is 5.34. The van der Waals surface area contributed by atoms with Crippen LogP contribution in [-0.2, 0) is 13.5 Å². The third kappa shape index (κ3) is 3.29. The molecule has 0 bridgehead atoms. The first-order valence-electron chi connectivity index (χ1n) is 10.4. The minimum atomic E-state index is -0.155. The number of hydrogen-bond acceptors (Lipinski definition) is 5. The standard InChI is InChI=1S/C24H22ClN5O2/c1-14-22-17(23(29(2)28-22)15-5-7-21(32-3)18(25)12-15)8-11-30(14)24(31)16-4-6-19-20(13-16)27-10-9-26-19/h4-7,9-10,12-14H,8,11H2,1-3H3/t14-/m0/s1. The molecule has 0 N–H and O–H groups in total. The van der Waals surface area contributed by atoms with E-state index in [4.69, 9.17) is 21.4 Å².